The first-order valence-corrected chi connectivity index (χ1v) is 6.27. The molecular weight excluding hydrogens is 228 g/mol. The Morgan fingerprint density at radius 2 is 1.67 bits per heavy atom. The molecule has 0 aromatic heterocycles. The Morgan fingerprint density at radius 3 is 2.39 bits per heavy atom. The largest absolute Gasteiger partial charge is 0.507 e. The minimum atomic E-state index is -0.242. The van der Waals surface area contributed by atoms with E-state index >= 15 is 0 Å². The molecule has 0 heterocycles. The maximum Gasteiger partial charge on any atom is 0.171 e. The summed E-state index contributed by atoms with van der Waals surface area (Å²) in [5, 5.41) is 9.84. The lowest BCUT2D eigenvalue weighted by atomic mass is 9.69. The summed E-state index contributed by atoms with van der Waals surface area (Å²) in [6.07, 6.45) is 5.04. The van der Waals surface area contributed by atoms with Crippen molar-refractivity contribution in [2.75, 3.05) is 0 Å². The highest BCUT2D eigenvalue weighted by Gasteiger charge is 2.55. The Hall–Kier alpha value is -1.90. The van der Waals surface area contributed by atoms with Crippen molar-refractivity contribution in [3.63, 3.8) is 0 Å². The summed E-state index contributed by atoms with van der Waals surface area (Å²) in [5.41, 5.74) is 0.645. The molecule has 2 bridgehead atoms. The van der Waals surface area contributed by atoms with E-state index in [1.165, 1.54) is 6.07 Å². The highest BCUT2D eigenvalue weighted by Crippen LogP contribution is 2.53. The standard InChI is InChI=1S/C15H12O3/c16-10-3-1-2-9-13(10)15(18)12-8-5-4-7(6-8)11(12)14(9)17/h1-5,7-8,11-12,16H,6H2/t7-,8+,11-,12+/m1/s1. The zero-order chi connectivity index (χ0) is 12.4. The van der Waals surface area contributed by atoms with Crippen LogP contribution in [0, 0.1) is 23.7 Å². The summed E-state index contributed by atoms with van der Waals surface area (Å²) in [7, 11) is 0. The summed E-state index contributed by atoms with van der Waals surface area (Å²) >= 11 is 0. The third-order valence-corrected chi connectivity index (χ3v) is 4.62. The van der Waals surface area contributed by atoms with E-state index in [0.29, 0.717) is 5.56 Å². The number of Topliss-reactive ketones (excluding diaryl/α,β-unsaturated/α-hetero) is 2. The van der Waals surface area contributed by atoms with Gasteiger partial charge in [-0.25, -0.2) is 0 Å². The minimum absolute atomic E-state index is 0.0300. The van der Waals surface area contributed by atoms with Crippen molar-refractivity contribution in [3.8, 4) is 5.75 Å². The number of allylic oxidation sites excluding steroid dienone is 2. The van der Waals surface area contributed by atoms with E-state index in [-0.39, 0.29) is 46.6 Å². The van der Waals surface area contributed by atoms with E-state index in [1.807, 2.05) is 0 Å². The Bertz CT molecular complexity index is 614. The Kier molecular flexibility index (Phi) is 1.74. The molecule has 1 saturated carbocycles. The van der Waals surface area contributed by atoms with Crippen LogP contribution in [0.5, 0.6) is 5.75 Å². The molecule has 1 fully saturated rings. The lowest BCUT2D eigenvalue weighted by Gasteiger charge is -2.31. The smallest absolute Gasteiger partial charge is 0.171 e. The van der Waals surface area contributed by atoms with E-state index in [9.17, 15) is 14.7 Å². The maximum atomic E-state index is 12.5. The monoisotopic (exact) mass is 240 g/mol. The first-order valence-electron chi connectivity index (χ1n) is 6.27. The Morgan fingerprint density at radius 1 is 1.00 bits per heavy atom. The molecule has 18 heavy (non-hydrogen) atoms. The lowest BCUT2D eigenvalue weighted by Crippen LogP contribution is -2.38. The van der Waals surface area contributed by atoms with Gasteiger partial charge in [0.25, 0.3) is 0 Å². The van der Waals surface area contributed by atoms with Crippen molar-refractivity contribution in [2.24, 2.45) is 23.7 Å². The van der Waals surface area contributed by atoms with Crippen LogP contribution >= 0.6 is 0 Å². The van der Waals surface area contributed by atoms with Crippen molar-refractivity contribution in [3.05, 3.63) is 41.5 Å². The fourth-order valence-electron chi connectivity index (χ4n) is 3.89. The van der Waals surface area contributed by atoms with Gasteiger partial charge in [0.15, 0.2) is 11.6 Å². The molecule has 3 aliphatic carbocycles. The number of benzene rings is 1. The van der Waals surface area contributed by atoms with Gasteiger partial charge < -0.3 is 5.11 Å². The van der Waals surface area contributed by atoms with Crippen molar-refractivity contribution < 1.29 is 14.7 Å². The molecule has 4 rings (SSSR count). The van der Waals surface area contributed by atoms with Crippen molar-refractivity contribution in [1.82, 2.24) is 0 Å². The summed E-state index contributed by atoms with van der Waals surface area (Å²) in [6, 6.07) is 4.76. The SMILES string of the molecule is O=C1c2c(O)cccc2C(=O)[C@H]2[C@@H]1[C@H]1C=C[C@@H]2C1. The van der Waals surface area contributed by atoms with E-state index < -0.39 is 0 Å². The summed E-state index contributed by atoms with van der Waals surface area (Å²) in [4.78, 5) is 25.0. The topological polar surface area (TPSA) is 54.4 Å². The van der Waals surface area contributed by atoms with Gasteiger partial charge in [0.1, 0.15) is 5.75 Å². The molecule has 1 aromatic rings. The highest BCUT2D eigenvalue weighted by molar-refractivity contribution is 6.18. The van der Waals surface area contributed by atoms with Gasteiger partial charge in [-0.15, -0.1) is 0 Å². The molecule has 1 N–H and O–H groups in total. The molecule has 0 aliphatic heterocycles. The van der Waals surface area contributed by atoms with Crippen LogP contribution in [-0.4, -0.2) is 16.7 Å². The van der Waals surface area contributed by atoms with Gasteiger partial charge in [0, 0.05) is 17.4 Å². The quantitative estimate of drug-likeness (QED) is 0.707. The number of hydrogen-bond acceptors (Lipinski definition) is 3. The molecule has 1 aromatic carbocycles. The number of hydrogen-bond donors (Lipinski definition) is 1. The Labute approximate surface area is 104 Å². The molecule has 3 heteroatoms. The first-order chi connectivity index (χ1) is 8.68. The van der Waals surface area contributed by atoms with Gasteiger partial charge in [-0.05, 0) is 24.3 Å². The molecule has 3 nitrogen and oxygen atoms in total. The molecule has 0 saturated heterocycles. The number of carbonyl (C=O) groups excluding carboxylic acids is 2. The van der Waals surface area contributed by atoms with E-state index in [1.54, 1.807) is 12.1 Å². The van der Waals surface area contributed by atoms with Crippen LogP contribution < -0.4 is 0 Å². The molecule has 0 unspecified atom stereocenters. The summed E-state index contributed by atoms with van der Waals surface area (Å²) in [5.74, 6) is -0.116. The van der Waals surface area contributed by atoms with Crippen LogP contribution in [0.3, 0.4) is 0 Å². The van der Waals surface area contributed by atoms with Crippen LogP contribution in [0.1, 0.15) is 27.1 Å². The second kappa shape index (κ2) is 3.10. The van der Waals surface area contributed by atoms with Crippen molar-refractivity contribution >= 4 is 11.6 Å². The van der Waals surface area contributed by atoms with Crippen LogP contribution in [0.2, 0.25) is 0 Å². The fourth-order valence-corrected chi connectivity index (χ4v) is 3.89. The molecule has 4 atom stereocenters. The minimum Gasteiger partial charge on any atom is -0.507 e. The van der Waals surface area contributed by atoms with Gasteiger partial charge in [0.2, 0.25) is 0 Å². The normalized spacial score (nSPS) is 35.8. The number of ketones is 2. The third-order valence-electron chi connectivity index (χ3n) is 4.62. The number of aromatic hydroxyl groups is 1. The van der Waals surface area contributed by atoms with E-state index in [2.05, 4.69) is 12.2 Å². The lowest BCUT2D eigenvalue weighted by molar-refractivity contribution is 0.0718. The van der Waals surface area contributed by atoms with E-state index in [0.717, 1.165) is 6.42 Å². The van der Waals surface area contributed by atoms with Crippen molar-refractivity contribution in [2.45, 2.75) is 6.42 Å². The second-order valence-corrected chi connectivity index (χ2v) is 5.43. The molecule has 0 amide bonds. The van der Waals surface area contributed by atoms with E-state index in [4.69, 9.17) is 0 Å². The van der Waals surface area contributed by atoms with Crippen LogP contribution in [0.25, 0.3) is 0 Å². The third kappa shape index (κ3) is 1.00. The zero-order valence-corrected chi connectivity index (χ0v) is 9.67. The maximum absolute atomic E-state index is 12.5. The summed E-state index contributed by atoms with van der Waals surface area (Å²) in [6.45, 7) is 0. The number of rotatable bonds is 0. The average Bonchev–Trinajstić information content (AvgIpc) is 2.96. The van der Waals surface area contributed by atoms with Gasteiger partial charge in [-0.1, -0.05) is 24.3 Å². The fraction of sp³-hybridized carbons (Fsp3) is 0.333. The molecular formula is C15H12O3. The van der Waals surface area contributed by atoms with Gasteiger partial charge in [0.05, 0.1) is 5.56 Å². The average molecular weight is 240 g/mol. The van der Waals surface area contributed by atoms with Crippen LogP contribution in [0.15, 0.2) is 30.4 Å². The van der Waals surface area contributed by atoms with Gasteiger partial charge in [-0.3, -0.25) is 9.59 Å². The molecule has 90 valence electrons. The number of carbonyl (C=O) groups is 2. The number of phenols is 1. The molecule has 0 radical (unpaired) electrons. The van der Waals surface area contributed by atoms with Crippen LogP contribution in [0.4, 0.5) is 0 Å². The summed E-state index contributed by atoms with van der Waals surface area (Å²) < 4.78 is 0. The predicted octanol–water partition coefficient (Wildman–Crippen LogP) is 2.21. The Balaban J connectivity index is 1.96. The van der Waals surface area contributed by atoms with Gasteiger partial charge in [-0.2, -0.15) is 0 Å². The van der Waals surface area contributed by atoms with Crippen LogP contribution in [-0.2, 0) is 0 Å². The first kappa shape index (κ1) is 10.1. The predicted molar refractivity (Wildman–Crippen MR) is 64.5 cm³/mol. The van der Waals surface area contributed by atoms with Crippen molar-refractivity contribution in [1.29, 1.82) is 0 Å². The second-order valence-electron chi connectivity index (χ2n) is 5.43. The number of fused-ring (bicyclic) bond motifs is 6. The molecule has 3 aliphatic rings. The molecule has 0 spiro atoms. The number of phenolic OH excluding ortho intramolecular Hbond substituents is 1. The highest BCUT2D eigenvalue weighted by atomic mass is 16.3. The zero-order valence-electron chi connectivity index (χ0n) is 9.67. The van der Waals surface area contributed by atoms with Gasteiger partial charge >= 0.3 is 0 Å².